The Hall–Kier alpha value is -2.07. The number of methoxy groups -OCH3 is 1. The molecule has 4 rings (SSSR count). The number of sulfone groups is 1. The fourth-order valence-electron chi connectivity index (χ4n) is 4.40. The van der Waals surface area contributed by atoms with Crippen molar-refractivity contribution in [3.63, 3.8) is 0 Å². The van der Waals surface area contributed by atoms with Gasteiger partial charge in [-0.25, -0.2) is 8.42 Å². The summed E-state index contributed by atoms with van der Waals surface area (Å²) in [7, 11) is -1.45. The Labute approximate surface area is 180 Å². The van der Waals surface area contributed by atoms with Crippen LogP contribution in [0.4, 0.5) is 0 Å². The van der Waals surface area contributed by atoms with Gasteiger partial charge in [0.2, 0.25) is 5.91 Å². The number of carbonyl (C=O) groups is 1. The van der Waals surface area contributed by atoms with E-state index < -0.39 is 9.84 Å². The summed E-state index contributed by atoms with van der Waals surface area (Å²) >= 11 is 1.31. The summed E-state index contributed by atoms with van der Waals surface area (Å²) in [5, 5.41) is 8.77. The number of carbonyl (C=O) groups excluding carboxylic acids is 1. The van der Waals surface area contributed by atoms with Crippen molar-refractivity contribution in [2.24, 2.45) is 0 Å². The van der Waals surface area contributed by atoms with Crippen molar-refractivity contribution in [2.75, 3.05) is 24.4 Å². The molecule has 0 N–H and O–H groups in total. The van der Waals surface area contributed by atoms with Crippen molar-refractivity contribution in [2.45, 2.75) is 49.3 Å². The van der Waals surface area contributed by atoms with E-state index in [4.69, 9.17) is 4.74 Å². The van der Waals surface area contributed by atoms with E-state index >= 15 is 0 Å². The normalized spacial score (nSPS) is 21.0. The molecule has 0 bridgehead atoms. The first-order valence-electron chi connectivity index (χ1n) is 10.2. The largest absolute Gasteiger partial charge is 0.495 e. The third-order valence-electron chi connectivity index (χ3n) is 5.79. The summed E-state index contributed by atoms with van der Waals surface area (Å²) in [5.41, 5.74) is 0.800. The van der Waals surface area contributed by atoms with Crippen LogP contribution in [0.2, 0.25) is 0 Å². The van der Waals surface area contributed by atoms with Gasteiger partial charge in [-0.1, -0.05) is 36.7 Å². The minimum Gasteiger partial charge on any atom is -0.495 e. The van der Waals surface area contributed by atoms with Crippen LogP contribution in [0.3, 0.4) is 0 Å². The van der Waals surface area contributed by atoms with Gasteiger partial charge in [0.25, 0.3) is 0 Å². The van der Waals surface area contributed by atoms with E-state index in [1.165, 1.54) is 11.8 Å². The number of benzene rings is 1. The standard InChI is InChI=1S/C20H26N4O4S2/c1-28-18-9-5-4-8-17(18)23-14-21-22-20(23)29-12-19(25)24(15-6-2-3-7-15)16-10-11-30(26,27)13-16/h4-5,8-9,14-16H,2-3,6-7,10-13H2,1H3/t16-/m0/s1. The first-order valence-corrected chi connectivity index (χ1v) is 13.0. The van der Waals surface area contributed by atoms with E-state index in [-0.39, 0.29) is 35.2 Å². The number of rotatable bonds is 7. The summed E-state index contributed by atoms with van der Waals surface area (Å²) in [6.45, 7) is 0. The van der Waals surface area contributed by atoms with Crippen LogP contribution in [0.15, 0.2) is 35.7 Å². The molecule has 162 valence electrons. The smallest absolute Gasteiger partial charge is 0.233 e. The lowest BCUT2D eigenvalue weighted by molar-refractivity contribution is -0.132. The lowest BCUT2D eigenvalue weighted by Gasteiger charge is -2.34. The highest BCUT2D eigenvalue weighted by molar-refractivity contribution is 7.99. The molecule has 1 aliphatic carbocycles. The van der Waals surface area contributed by atoms with Crippen LogP contribution in [0.25, 0.3) is 5.69 Å². The van der Waals surface area contributed by atoms with Crippen LogP contribution in [-0.2, 0) is 14.6 Å². The lowest BCUT2D eigenvalue weighted by Crippen LogP contribution is -2.47. The first kappa shape index (κ1) is 21.2. The van der Waals surface area contributed by atoms with E-state index in [0.717, 1.165) is 31.4 Å². The minimum absolute atomic E-state index is 0.0245. The van der Waals surface area contributed by atoms with Gasteiger partial charge >= 0.3 is 0 Å². The molecule has 0 radical (unpaired) electrons. The zero-order chi connectivity index (χ0) is 21.1. The second kappa shape index (κ2) is 8.97. The average Bonchev–Trinajstić information content (AvgIpc) is 3.48. The zero-order valence-electron chi connectivity index (χ0n) is 16.9. The molecule has 30 heavy (non-hydrogen) atoms. The number of ether oxygens (including phenoxy) is 1. The molecule has 1 aliphatic heterocycles. The summed E-state index contributed by atoms with van der Waals surface area (Å²) in [6.07, 6.45) is 6.21. The van der Waals surface area contributed by atoms with Crippen molar-refractivity contribution in [1.29, 1.82) is 0 Å². The van der Waals surface area contributed by atoms with Crippen LogP contribution in [0.5, 0.6) is 5.75 Å². The molecule has 2 aromatic rings. The van der Waals surface area contributed by atoms with Crippen LogP contribution in [0.1, 0.15) is 32.1 Å². The van der Waals surface area contributed by atoms with Gasteiger partial charge in [-0.05, 0) is 31.4 Å². The number of hydrogen-bond donors (Lipinski definition) is 0. The quantitative estimate of drug-likeness (QED) is 0.598. The first-order chi connectivity index (χ1) is 14.5. The Morgan fingerprint density at radius 2 is 2.00 bits per heavy atom. The topological polar surface area (TPSA) is 94.4 Å². The Bertz CT molecular complexity index is 1000. The van der Waals surface area contributed by atoms with Gasteiger partial charge in [-0.2, -0.15) is 0 Å². The Morgan fingerprint density at radius 1 is 1.23 bits per heavy atom. The number of amides is 1. The molecule has 1 saturated heterocycles. The molecule has 0 unspecified atom stereocenters. The highest BCUT2D eigenvalue weighted by Crippen LogP contribution is 2.31. The SMILES string of the molecule is COc1ccccc1-n1cnnc1SCC(=O)N(C1CCCC1)[C@H]1CCS(=O)(=O)C1. The molecule has 8 nitrogen and oxygen atoms in total. The van der Waals surface area contributed by atoms with Gasteiger partial charge in [0.15, 0.2) is 15.0 Å². The van der Waals surface area contributed by atoms with Gasteiger partial charge in [0, 0.05) is 12.1 Å². The maximum Gasteiger partial charge on any atom is 0.233 e. The van der Waals surface area contributed by atoms with Crippen LogP contribution in [0, 0.1) is 0 Å². The van der Waals surface area contributed by atoms with Gasteiger partial charge in [0.05, 0.1) is 30.1 Å². The molecule has 1 aromatic carbocycles. The number of nitrogens with zero attached hydrogens (tertiary/aromatic N) is 4. The van der Waals surface area contributed by atoms with Crippen molar-refractivity contribution >= 4 is 27.5 Å². The van der Waals surface area contributed by atoms with Gasteiger partial charge < -0.3 is 9.64 Å². The maximum atomic E-state index is 13.2. The zero-order valence-corrected chi connectivity index (χ0v) is 18.6. The van der Waals surface area contributed by atoms with E-state index in [1.54, 1.807) is 18.0 Å². The molecule has 2 fully saturated rings. The predicted octanol–water partition coefficient (Wildman–Crippen LogP) is 2.33. The molecule has 1 amide bonds. The molecule has 2 heterocycles. The lowest BCUT2D eigenvalue weighted by atomic mass is 10.1. The third-order valence-corrected chi connectivity index (χ3v) is 8.47. The number of thioether (sulfide) groups is 1. The van der Waals surface area contributed by atoms with Crippen LogP contribution >= 0.6 is 11.8 Å². The fraction of sp³-hybridized carbons (Fsp3) is 0.550. The molecular formula is C20H26N4O4S2. The molecular weight excluding hydrogens is 424 g/mol. The minimum atomic E-state index is -3.05. The third kappa shape index (κ3) is 4.49. The second-order valence-corrected chi connectivity index (χ2v) is 10.9. The monoisotopic (exact) mass is 450 g/mol. The molecule has 1 aromatic heterocycles. The second-order valence-electron chi connectivity index (χ2n) is 7.74. The van der Waals surface area contributed by atoms with E-state index in [0.29, 0.717) is 17.3 Å². The van der Waals surface area contributed by atoms with Crippen LogP contribution < -0.4 is 4.74 Å². The molecule has 10 heteroatoms. The van der Waals surface area contributed by atoms with E-state index in [2.05, 4.69) is 10.2 Å². The van der Waals surface area contributed by atoms with E-state index in [9.17, 15) is 13.2 Å². The highest BCUT2D eigenvalue weighted by atomic mass is 32.2. The van der Waals surface area contributed by atoms with E-state index in [1.807, 2.05) is 29.2 Å². The predicted molar refractivity (Wildman–Crippen MR) is 115 cm³/mol. The summed E-state index contributed by atoms with van der Waals surface area (Å²) in [4.78, 5) is 15.1. The average molecular weight is 451 g/mol. The highest BCUT2D eigenvalue weighted by Gasteiger charge is 2.39. The fourth-order valence-corrected chi connectivity index (χ4v) is 6.90. The maximum absolute atomic E-state index is 13.2. The van der Waals surface area contributed by atoms with Crippen molar-refractivity contribution in [1.82, 2.24) is 19.7 Å². The Morgan fingerprint density at radius 3 is 2.70 bits per heavy atom. The molecule has 0 spiro atoms. The Balaban J connectivity index is 1.50. The van der Waals surface area contributed by atoms with Gasteiger partial charge in [-0.15, -0.1) is 10.2 Å². The summed E-state index contributed by atoms with van der Waals surface area (Å²) in [6, 6.07) is 7.49. The number of hydrogen-bond acceptors (Lipinski definition) is 7. The number of para-hydroxylation sites is 2. The van der Waals surface area contributed by atoms with Crippen molar-refractivity contribution < 1.29 is 17.9 Å². The van der Waals surface area contributed by atoms with Crippen molar-refractivity contribution in [3.8, 4) is 11.4 Å². The number of aromatic nitrogens is 3. The van der Waals surface area contributed by atoms with Gasteiger partial charge in [0.1, 0.15) is 12.1 Å². The molecule has 2 aliphatic rings. The van der Waals surface area contributed by atoms with Gasteiger partial charge in [-0.3, -0.25) is 9.36 Å². The van der Waals surface area contributed by atoms with Crippen LogP contribution in [-0.4, -0.2) is 70.4 Å². The molecule has 1 atom stereocenters. The summed E-state index contributed by atoms with van der Waals surface area (Å²) in [5.74, 6) is 1.11. The summed E-state index contributed by atoms with van der Waals surface area (Å²) < 4.78 is 31.3. The van der Waals surface area contributed by atoms with Crippen molar-refractivity contribution in [3.05, 3.63) is 30.6 Å². The molecule has 1 saturated carbocycles. The Kier molecular flexibility index (Phi) is 6.33.